The predicted molar refractivity (Wildman–Crippen MR) is 70.1 cm³/mol. The molecule has 3 atom stereocenters. The molecule has 0 aromatic carbocycles. The van der Waals surface area contributed by atoms with Crippen LogP contribution in [0.3, 0.4) is 0 Å². The average molecular weight is 235 g/mol. The van der Waals surface area contributed by atoms with Crippen LogP contribution in [0.25, 0.3) is 0 Å². The van der Waals surface area contributed by atoms with Gasteiger partial charge >= 0.3 is 0 Å². The van der Waals surface area contributed by atoms with E-state index >= 15 is 0 Å². The van der Waals surface area contributed by atoms with Crippen LogP contribution in [0.1, 0.15) is 45.4 Å². The van der Waals surface area contributed by atoms with Gasteiger partial charge in [0.05, 0.1) is 5.84 Å². The van der Waals surface area contributed by atoms with E-state index in [-0.39, 0.29) is 5.41 Å². The number of hydrogen-bond acceptors (Lipinski definition) is 2. The summed E-state index contributed by atoms with van der Waals surface area (Å²) in [5.41, 5.74) is 5.71. The Hall–Kier alpha value is -0.570. The Morgan fingerprint density at radius 3 is 2.41 bits per heavy atom. The number of rotatable bonds is 2. The highest BCUT2D eigenvalue weighted by Crippen LogP contribution is 2.47. The molecule has 1 saturated heterocycles. The second-order valence-electron chi connectivity index (χ2n) is 6.75. The minimum atomic E-state index is -0.0197. The second kappa shape index (κ2) is 3.98. The standard InChI is InChI=1S/C14H25N3/c1-14(13(15)16)4-6-17(7-5-14)12-9-10-2-3-11(12)8-10/h10-12H,2-9H2,1H3,(H3,15,16). The largest absolute Gasteiger partial charge is 0.387 e. The van der Waals surface area contributed by atoms with Crippen molar-refractivity contribution in [3.8, 4) is 0 Å². The third-order valence-electron chi connectivity index (χ3n) is 5.72. The number of hydrogen-bond donors (Lipinski definition) is 2. The average Bonchev–Trinajstić information content (AvgIpc) is 2.91. The zero-order chi connectivity index (χ0) is 12.0. The van der Waals surface area contributed by atoms with Crippen molar-refractivity contribution in [1.29, 1.82) is 5.41 Å². The molecule has 3 nitrogen and oxygen atoms in total. The molecule has 3 N–H and O–H groups in total. The maximum atomic E-state index is 7.70. The molecule has 2 saturated carbocycles. The Morgan fingerprint density at radius 1 is 1.24 bits per heavy atom. The third-order valence-corrected chi connectivity index (χ3v) is 5.72. The Bertz CT molecular complexity index is 317. The molecular formula is C14H25N3. The molecule has 2 aliphatic carbocycles. The normalized spacial score (nSPS) is 40.6. The molecule has 2 bridgehead atoms. The number of fused-ring (bicyclic) bond motifs is 2. The summed E-state index contributed by atoms with van der Waals surface area (Å²) in [5, 5.41) is 7.70. The van der Waals surface area contributed by atoms with Gasteiger partial charge in [-0.05, 0) is 57.0 Å². The highest BCUT2D eigenvalue weighted by Gasteiger charge is 2.44. The molecule has 3 aliphatic rings. The lowest BCUT2D eigenvalue weighted by Gasteiger charge is -2.43. The molecule has 3 unspecified atom stereocenters. The van der Waals surface area contributed by atoms with Crippen LogP contribution in [-0.4, -0.2) is 29.9 Å². The van der Waals surface area contributed by atoms with Crippen molar-refractivity contribution in [2.45, 2.75) is 51.5 Å². The van der Waals surface area contributed by atoms with Gasteiger partial charge in [-0.25, -0.2) is 0 Å². The van der Waals surface area contributed by atoms with Crippen molar-refractivity contribution in [3.05, 3.63) is 0 Å². The Balaban J connectivity index is 1.60. The van der Waals surface area contributed by atoms with Crippen LogP contribution >= 0.6 is 0 Å². The topological polar surface area (TPSA) is 53.1 Å². The molecule has 0 aromatic rings. The highest BCUT2D eigenvalue weighted by atomic mass is 15.2. The van der Waals surface area contributed by atoms with Gasteiger partial charge in [0.15, 0.2) is 0 Å². The van der Waals surface area contributed by atoms with E-state index in [1.54, 1.807) is 0 Å². The van der Waals surface area contributed by atoms with Gasteiger partial charge in [0, 0.05) is 11.5 Å². The Labute approximate surface area is 104 Å². The van der Waals surface area contributed by atoms with Crippen molar-refractivity contribution in [1.82, 2.24) is 4.90 Å². The first-order valence-electron chi connectivity index (χ1n) is 7.17. The lowest BCUT2D eigenvalue weighted by Crippen LogP contribution is -2.49. The SMILES string of the molecule is CC1(C(=N)N)CCN(C2CC3CCC2C3)CC1. The zero-order valence-electron chi connectivity index (χ0n) is 10.9. The van der Waals surface area contributed by atoms with Gasteiger partial charge in [-0.15, -0.1) is 0 Å². The maximum Gasteiger partial charge on any atom is 0.0966 e. The van der Waals surface area contributed by atoms with E-state index in [1.807, 2.05) is 0 Å². The zero-order valence-corrected chi connectivity index (χ0v) is 10.9. The van der Waals surface area contributed by atoms with Crippen LogP contribution in [0.4, 0.5) is 0 Å². The molecule has 0 spiro atoms. The highest BCUT2D eigenvalue weighted by molar-refractivity contribution is 5.83. The van der Waals surface area contributed by atoms with E-state index in [4.69, 9.17) is 11.1 Å². The minimum Gasteiger partial charge on any atom is -0.387 e. The van der Waals surface area contributed by atoms with Crippen molar-refractivity contribution < 1.29 is 0 Å². The molecule has 96 valence electrons. The van der Waals surface area contributed by atoms with Crippen molar-refractivity contribution in [3.63, 3.8) is 0 Å². The summed E-state index contributed by atoms with van der Waals surface area (Å²) >= 11 is 0. The molecule has 3 rings (SSSR count). The second-order valence-corrected chi connectivity index (χ2v) is 6.75. The van der Waals surface area contributed by atoms with Crippen LogP contribution in [0, 0.1) is 22.7 Å². The van der Waals surface area contributed by atoms with Crippen molar-refractivity contribution >= 4 is 5.84 Å². The summed E-state index contributed by atoms with van der Waals surface area (Å²) < 4.78 is 0. The summed E-state index contributed by atoms with van der Waals surface area (Å²) in [5.74, 6) is 2.41. The van der Waals surface area contributed by atoms with E-state index in [1.165, 1.54) is 25.7 Å². The van der Waals surface area contributed by atoms with Crippen molar-refractivity contribution in [2.75, 3.05) is 13.1 Å². The summed E-state index contributed by atoms with van der Waals surface area (Å²) in [7, 11) is 0. The van der Waals surface area contributed by atoms with Gasteiger partial charge in [0.2, 0.25) is 0 Å². The lowest BCUT2D eigenvalue weighted by molar-refractivity contribution is 0.0848. The predicted octanol–water partition coefficient (Wildman–Crippen LogP) is 2.21. The third kappa shape index (κ3) is 1.88. The van der Waals surface area contributed by atoms with Gasteiger partial charge in [0.1, 0.15) is 0 Å². The molecule has 1 heterocycles. The molecule has 17 heavy (non-hydrogen) atoms. The van der Waals surface area contributed by atoms with Crippen LogP contribution in [0.2, 0.25) is 0 Å². The smallest absolute Gasteiger partial charge is 0.0966 e. The molecule has 0 amide bonds. The fourth-order valence-electron chi connectivity index (χ4n) is 4.28. The molecule has 0 aromatic heterocycles. The molecule has 1 aliphatic heterocycles. The first-order valence-corrected chi connectivity index (χ1v) is 7.17. The minimum absolute atomic E-state index is 0.0197. The van der Waals surface area contributed by atoms with Crippen LogP contribution in [0.5, 0.6) is 0 Å². The van der Waals surface area contributed by atoms with Gasteiger partial charge in [-0.3, -0.25) is 5.41 Å². The number of nitrogens with zero attached hydrogens (tertiary/aromatic N) is 1. The molecule has 0 radical (unpaired) electrons. The molecule has 3 heteroatoms. The number of amidine groups is 1. The van der Waals surface area contributed by atoms with E-state index in [2.05, 4.69) is 11.8 Å². The van der Waals surface area contributed by atoms with Gasteiger partial charge in [-0.2, -0.15) is 0 Å². The van der Waals surface area contributed by atoms with Crippen LogP contribution < -0.4 is 5.73 Å². The summed E-state index contributed by atoms with van der Waals surface area (Å²) in [4.78, 5) is 2.70. The first-order chi connectivity index (χ1) is 8.08. The summed E-state index contributed by atoms with van der Waals surface area (Å²) in [6.45, 7) is 4.47. The monoisotopic (exact) mass is 235 g/mol. The quantitative estimate of drug-likeness (QED) is 0.569. The van der Waals surface area contributed by atoms with E-state index in [9.17, 15) is 0 Å². The van der Waals surface area contributed by atoms with Crippen LogP contribution in [-0.2, 0) is 0 Å². The summed E-state index contributed by atoms with van der Waals surface area (Å²) in [6, 6.07) is 0.866. The van der Waals surface area contributed by atoms with Crippen LogP contribution in [0.15, 0.2) is 0 Å². The number of nitrogens with two attached hydrogens (primary N) is 1. The first kappa shape index (κ1) is 11.5. The van der Waals surface area contributed by atoms with Crippen molar-refractivity contribution in [2.24, 2.45) is 23.0 Å². The maximum absolute atomic E-state index is 7.70. The van der Waals surface area contributed by atoms with Gasteiger partial charge < -0.3 is 10.6 Å². The van der Waals surface area contributed by atoms with Gasteiger partial charge in [-0.1, -0.05) is 13.3 Å². The van der Waals surface area contributed by atoms with E-state index in [0.717, 1.165) is 43.8 Å². The molecular weight excluding hydrogens is 210 g/mol. The lowest BCUT2D eigenvalue weighted by atomic mass is 9.78. The number of likely N-dealkylation sites (tertiary alicyclic amines) is 1. The van der Waals surface area contributed by atoms with E-state index < -0.39 is 0 Å². The van der Waals surface area contributed by atoms with Gasteiger partial charge in [0.25, 0.3) is 0 Å². The summed E-state index contributed by atoms with van der Waals surface area (Å²) in [6.07, 6.45) is 8.05. The molecule has 3 fully saturated rings. The Kier molecular flexibility index (Phi) is 2.69. The number of nitrogens with one attached hydrogen (secondary N) is 1. The number of piperidine rings is 1. The fourth-order valence-corrected chi connectivity index (χ4v) is 4.28. The fraction of sp³-hybridized carbons (Fsp3) is 0.929. The Morgan fingerprint density at radius 2 is 1.94 bits per heavy atom. The van der Waals surface area contributed by atoms with E-state index in [0.29, 0.717) is 5.84 Å².